The molecule has 2 amide bonds. The number of morpholine rings is 1. The number of fused-ring (bicyclic) bond motifs is 1. The van der Waals surface area contributed by atoms with Gasteiger partial charge in [0.2, 0.25) is 0 Å². The average Bonchev–Trinajstić information content (AvgIpc) is 2.80. The Bertz CT molecular complexity index is 1050. The highest BCUT2D eigenvalue weighted by Crippen LogP contribution is 2.26. The number of hydrogen-bond acceptors (Lipinski definition) is 4. The van der Waals surface area contributed by atoms with E-state index in [0.29, 0.717) is 43.3 Å². The molecule has 6 heteroatoms. The molecule has 30 heavy (non-hydrogen) atoms. The zero-order chi connectivity index (χ0) is 20.9. The van der Waals surface area contributed by atoms with Gasteiger partial charge in [0.25, 0.3) is 11.8 Å². The van der Waals surface area contributed by atoms with Crippen molar-refractivity contribution < 1.29 is 19.1 Å². The second kappa shape index (κ2) is 8.97. The molecule has 0 unspecified atom stereocenters. The Morgan fingerprint density at radius 1 is 0.967 bits per heavy atom. The van der Waals surface area contributed by atoms with E-state index in [-0.39, 0.29) is 11.8 Å². The molecular formula is C24H24N2O4. The Hall–Kier alpha value is -3.38. The van der Waals surface area contributed by atoms with Crippen LogP contribution in [0.3, 0.4) is 0 Å². The number of amides is 2. The number of anilines is 1. The van der Waals surface area contributed by atoms with Gasteiger partial charge in [0, 0.05) is 18.5 Å². The molecule has 1 aliphatic heterocycles. The Kier molecular flexibility index (Phi) is 5.95. The van der Waals surface area contributed by atoms with E-state index < -0.39 is 6.10 Å². The van der Waals surface area contributed by atoms with E-state index in [2.05, 4.69) is 5.32 Å². The molecular weight excluding hydrogens is 380 g/mol. The lowest BCUT2D eigenvalue weighted by molar-refractivity contribution is -0.122. The molecule has 1 saturated heterocycles. The highest BCUT2D eigenvalue weighted by atomic mass is 16.5. The molecule has 0 bridgehead atoms. The molecule has 1 N–H and O–H groups in total. The van der Waals surface area contributed by atoms with Crippen molar-refractivity contribution in [2.24, 2.45) is 0 Å². The van der Waals surface area contributed by atoms with E-state index in [9.17, 15) is 9.59 Å². The van der Waals surface area contributed by atoms with Gasteiger partial charge in [-0.2, -0.15) is 0 Å². The molecule has 0 saturated carbocycles. The smallest absolute Gasteiger partial charge is 0.265 e. The van der Waals surface area contributed by atoms with Gasteiger partial charge in [0.05, 0.1) is 24.5 Å². The van der Waals surface area contributed by atoms with Gasteiger partial charge in [-0.15, -0.1) is 0 Å². The average molecular weight is 404 g/mol. The Balaban J connectivity index is 1.49. The standard InChI is InChI=1S/C24H24N2O4/c1-17(30-22-12-6-8-18-7-2-3-9-19(18)22)23(27)25-21-11-5-4-10-20(21)24(28)26-13-15-29-16-14-26/h2-12,17H,13-16H2,1H3,(H,25,27)/t17-/m0/s1. The summed E-state index contributed by atoms with van der Waals surface area (Å²) < 4.78 is 11.3. The van der Waals surface area contributed by atoms with Gasteiger partial charge < -0.3 is 19.7 Å². The van der Waals surface area contributed by atoms with Crippen LogP contribution in [0.15, 0.2) is 66.7 Å². The van der Waals surface area contributed by atoms with Crippen LogP contribution in [0.2, 0.25) is 0 Å². The van der Waals surface area contributed by atoms with Gasteiger partial charge in [0.1, 0.15) is 5.75 Å². The lowest BCUT2D eigenvalue weighted by atomic mass is 10.1. The number of para-hydroxylation sites is 1. The number of carbonyl (C=O) groups excluding carboxylic acids is 2. The number of rotatable bonds is 5. The summed E-state index contributed by atoms with van der Waals surface area (Å²) in [5.74, 6) is 0.218. The summed E-state index contributed by atoms with van der Waals surface area (Å²) in [4.78, 5) is 27.5. The van der Waals surface area contributed by atoms with Crippen LogP contribution in [0.4, 0.5) is 5.69 Å². The number of hydrogen-bond donors (Lipinski definition) is 1. The van der Waals surface area contributed by atoms with Crippen LogP contribution >= 0.6 is 0 Å². The van der Waals surface area contributed by atoms with Crippen LogP contribution in [0.25, 0.3) is 10.8 Å². The van der Waals surface area contributed by atoms with Crippen LogP contribution in [0.5, 0.6) is 5.75 Å². The molecule has 1 atom stereocenters. The van der Waals surface area contributed by atoms with Gasteiger partial charge in [-0.05, 0) is 30.5 Å². The fraction of sp³-hybridized carbons (Fsp3) is 0.250. The molecule has 1 aliphatic rings. The number of ether oxygens (including phenoxy) is 2. The van der Waals surface area contributed by atoms with Crippen molar-refractivity contribution in [2.45, 2.75) is 13.0 Å². The van der Waals surface area contributed by atoms with E-state index in [4.69, 9.17) is 9.47 Å². The van der Waals surface area contributed by atoms with E-state index in [1.165, 1.54) is 0 Å². The van der Waals surface area contributed by atoms with E-state index in [1.807, 2.05) is 42.5 Å². The van der Waals surface area contributed by atoms with Crippen LogP contribution in [0.1, 0.15) is 17.3 Å². The third-order valence-corrected chi connectivity index (χ3v) is 5.14. The van der Waals surface area contributed by atoms with Crippen molar-refractivity contribution in [1.82, 2.24) is 4.90 Å². The summed E-state index contributed by atoms with van der Waals surface area (Å²) in [6.45, 7) is 3.83. The fourth-order valence-corrected chi connectivity index (χ4v) is 3.49. The summed E-state index contributed by atoms with van der Waals surface area (Å²) in [6.07, 6.45) is -0.734. The van der Waals surface area contributed by atoms with Crippen molar-refractivity contribution in [3.05, 3.63) is 72.3 Å². The molecule has 0 spiro atoms. The summed E-state index contributed by atoms with van der Waals surface area (Å²) in [5.41, 5.74) is 0.942. The number of nitrogens with zero attached hydrogens (tertiary/aromatic N) is 1. The lowest BCUT2D eigenvalue weighted by Gasteiger charge is -2.27. The molecule has 6 nitrogen and oxygen atoms in total. The number of carbonyl (C=O) groups is 2. The van der Waals surface area contributed by atoms with E-state index in [1.54, 1.807) is 36.1 Å². The second-order valence-corrected chi connectivity index (χ2v) is 7.18. The number of benzene rings is 3. The maximum absolute atomic E-state index is 12.9. The Morgan fingerprint density at radius 3 is 2.50 bits per heavy atom. The third-order valence-electron chi connectivity index (χ3n) is 5.14. The van der Waals surface area contributed by atoms with Crippen molar-refractivity contribution in [2.75, 3.05) is 31.6 Å². The quantitative estimate of drug-likeness (QED) is 0.704. The first-order valence-corrected chi connectivity index (χ1v) is 10.0. The first-order chi connectivity index (χ1) is 14.6. The Morgan fingerprint density at radius 2 is 1.67 bits per heavy atom. The largest absolute Gasteiger partial charge is 0.480 e. The van der Waals surface area contributed by atoms with Crippen LogP contribution < -0.4 is 10.1 Å². The van der Waals surface area contributed by atoms with Crippen molar-refractivity contribution in [3.63, 3.8) is 0 Å². The second-order valence-electron chi connectivity index (χ2n) is 7.18. The molecule has 0 radical (unpaired) electrons. The molecule has 154 valence electrons. The van der Waals surface area contributed by atoms with E-state index >= 15 is 0 Å². The Labute approximate surface area is 175 Å². The van der Waals surface area contributed by atoms with Crippen molar-refractivity contribution in [3.8, 4) is 5.75 Å². The molecule has 0 aromatic heterocycles. The van der Waals surface area contributed by atoms with Gasteiger partial charge in [-0.3, -0.25) is 9.59 Å². The summed E-state index contributed by atoms with van der Waals surface area (Å²) in [6, 6.07) is 20.7. The minimum atomic E-state index is -0.734. The molecule has 0 aliphatic carbocycles. The van der Waals surface area contributed by atoms with Gasteiger partial charge in [-0.25, -0.2) is 0 Å². The summed E-state index contributed by atoms with van der Waals surface area (Å²) in [7, 11) is 0. The van der Waals surface area contributed by atoms with Gasteiger partial charge >= 0.3 is 0 Å². The molecule has 1 fully saturated rings. The number of nitrogens with one attached hydrogen (secondary N) is 1. The van der Waals surface area contributed by atoms with Crippen LogP contribution in [0, 0.1) is 0 Å². The molecule has 1 heterocycles. The minimum absolute atomic E-state index is 0.114. The van der Waals surface area contributed by atoms with Gasteiger partial charge in [-0.1, -0.05) is 48.5 Å². The topological polar surface area (TPSA) is 67.9 Å². The van der Waals surface area contributed by atoms with Crippen LogP contribution in [-0.4, -0.2) is 49.1 Å². The van der Waals surface area contributed by atoms with Crippen LogP contribution in [-0.2, 0) is 9.53 Å². The lowest BCUT2D eigenvalue weighted by Crippen LogP contribution is -2.41. The van der Waals surface area contributed by atoms with E-state index in [0.717, 1.165) is 10.8 Å². The fourth-order valence-electron chi connectivity index (χ4n) is 3.49. The predicted octanol–water partition coefficient (Wildman–Crippen LogP) is 3.72. The molecule has 3 aromatic carbocycles. The predicted molar refractivity (Wildman–Crippen MR) is 116 cm³/mol. The highest BCUT2D eigenvalue weighted by molar-refractivity contribution is 6.04. The van der Waals surface area contributed by atoms with Crippen molar-refractivity contribution in [1.29, 1.82) is 0 Å². The normalized spacial score (nSPS) is 14.9. The summed E-state index contributed by atoms with van der Waals surface area (Å²) >= 11 is 0. The van der Waals surface area contributed by atoms with Gasteiger partial charge in [0.15, 0.2) is 6.10 Å². The highest BCUT2D eigenvalue weighted by Gasteiger charge is 2.23. The van der Waals surface area contributed by atoms with Crippen molar-refractivity contribution >= 4 is 28.3 Å². The monoisotopic (exact) mass is 404 g/mol. The first kappa shape index (κ1) is 19.9. The SMILES string of the molecule is C[C@H](Oc1cccc2ccccc12)C(=O)Nc1ccccc1C(=O)N1CCOCC1. The zero-order valence-corrected chi connectivity index (χ0v) is 16.8. The zero-order valence-electron chi connectivity index (χ0n) is 16.8. The first-order valence-electron chi connectivity index (χ1n) is 10.0. The molecule has 4 rings (SSSR count). The molecule has 3 aromatic rings. The maximum Gasteiger partial charge on any atom is 0.265 e. The minimum Gasteiger partial charge on any atom is -0.480 e. The third kappa shape index (κ3) is 4.28. The maximum atomic E-state index is 12.9. The summed E-state index contributed by atoms with van der Waals surface area (Å²) in [5, 5.41) is 4.85.